The van der Waals surface area contributed by atoms with Crippen molar-refractivity contribution in [1.82, 2.24) is 9.55 Å². The maximum absolute atomic E-state index is 12.2. The van der Waals surface area contributed by atoms with Crippen LogP contribution in [0.5, 0.6) is 0 Å². The molecule has 5 heteroatoms. The first kappa shape index (κ1) is 12.8. The van der Waals surface area contributed by atoms with E-state index in [4.69, 9.17) is 4.74 Å². The first-order chi connectivity index (χ1) is 8.56. The molecule has 2 heterocycles. The lowest BCUT2D eigenvalue weighted by Crippen LogP contribution is -2.36. The van der Waals surface area contributed by atoms with Gasteiger partial charge in [0.2, 0.25) is 0 Å². The third-order valence-electron chi connectivity index (χ3n) is 3.64. The lowest BCUT2D eigenvalue weighted by molar-refractivity contribution is 0.0522. The Kier molecular flexibility index (Phi) is 3.50. The van der Waals surface area contributed by atoms with Crippen molar-refractivity contribution in [2.75, 3.05) is 6.61 Å². The molecule has 1 aromatic heterocycles. The van der Waals surface area contributed by atoms with Crippen LogP contribution in [0.1, 0.15) is 49.3 Å². The van der Waals surface area contributed by atoms with Gasteiger partial charge in [-0.3, -0.25) is 9.36 Å². The van der Waals surface area contributed by atoms with E-state index in [1.807, 2.05) is 0 Å². The van der Waals surface area contributed by atoms with Gasteiger partial charge in [-0.15, -0.1) is 0 Å². The molecule has 5 nitrogen and oxygen atoms in total. The van der Waals surface area contributed by atoms with Gasteiger partial charge >= 0.3 is 5.97 Å². The number of hydrogen-bond donors (Lipinski definition) is 0. The van der Waals surface area contributed by atoms with Crippen molar-refractivity contribution in [2.24, 2.45) is 5.92 Å². The predicted molar refractivity (Wildman–Crippen MR) is 66.6 cm³/mol. The number of carbonyl (C=O) groups excluding carboxylic acids is 1. The molecule has 1 aromatic rings. The van der Waals surface area contributed by atoms with Crippen molar-refractivity contribution >= 4 is 5.97 Å². The van der Waals surface area contributed by atoms with Gasteiger partial charge < -0.3 is 4.74 Å². The normalized spacial score (nSPS) is 22.4. The molecule has 0 unspecified atom stereocenters. The molecule has 0 N–H and O–H groups in total. The fraction of sp³-hybridized carbons (Fsp3) is 0.615. The van der Waals surface area contributed by atoms with E-state index in [0.29, 0.717) is 12.5 Å². The van der Waals surface area contributed by atoms with E-state index in [1.54, 1.807) is 11.5 Å². The number of nitrogens with zero attached hydrogens (tertiary/aromatic N) is 2. The number of ether oxygens (including phenoxy) is 1. The summed E-state index contributed by atoms with van der Waals surface area (Å²) in [6, 6.07) is 0. The summed E-state index contributed by atoms with van der Waals surface area (Å²) in [5.74, 6) is 0.927. The third-order valence-corrected chi connectivity index (χ3v) is 3.64. The lowest BCUT2D eigenvalue weighted by Gasteiger charge is -2.28. The van der Waals surface area contributed by atoms with Crippen molar-refractivity contribution in [3.05, 3.63) is 27.9 Å². The molecule has 2 rings (SSSR count). The topological polar surface area (TPSA) is 61.2 Å². The summed E-state index contributed by atoms with van der Waals surface area (Å²) in [7, 11) is 0. The zero-order valence-corrected chi connectivity index (χ0v) is 11.0. The van der Waals surface area contributed by atoms with E-state index in [0.717, 1.165) is 12.2 Å². The fourth-order valence-electron chi connectivity index (χ4n) is 2.27. The molecule has 0 fully saturated rings. The molecule has 0 amide bonds. The molecule has 2 atom stereocenters. The molecular weight excluding hydrogens is 232 g/mol. The van der Waals surface area contributed by atoms with Crippen LogP contribution in [-0.4, -0.2) is 22.1 Å². The van der Waals surface area contributed by atoms with Crippen LogP contribution < -0.4 is 5.56 Å². The average molecular weight is 250 g/mol. The number of esters is 1. The predicted octanol–water partition coefficient (Wildman–Crippen LogP) is 1.56. The van der Waals surface area contributed by atoms with E-state index in [2.05, 4.69) is 18.8 Å². The molecule has 0 spiro atoms. The summed E-state index contributed by atoms with van der Waals surface area (Å²) in [4.78, 5) is 28.1. The minimum atomic E-state index is -0.587. The summed E-state index contributed by atoms with van der Waals surface area (Å²) >= 11 is 0. The minimum Gasteiger partial charge on any atom is -0.462 e. The van der Waals surface area contributed by atoms with Gasteiger partial charge in [-0.2, -0.15) is 0 Å². The van der Waals surface area contributed by atoms with Crippen LogP contribution in [0.25, 0.3) is 0 Å². The summed E-state index contributed by atoms with van der Waals surface area (Å²) in [6.07, 6.45) is 2.28. The first-order valence-electron chi connectivity index (χ1n) is 6.33. The van der Waals surface area contributed by atoms with Crippen LogP contribution in [0, 0.1) is 5.92 Å². The molecule has 18 heavy (non-hydrogen) atoms. The van der Waals surface area contributed by atoms with E-state index in [9.17, 15) is 9.59 Å². The number of rotatable bonds is 2. The second-order valence-corrected chi connectivity index (χ2v) is 4.76. The number of fused-ring (bicyclic) bond motifs is 1. The molecule has 0 saturated heterocycles. The van der Waals surface area contributed by atoms with Gasteiger partial charge in [0.05, 0.1) is 6.61 Å². The molecule has 0 aromatic carbocycles. The van der Waals surface area contributed by atoms with Gasteiger partial charge in [0.1, 0.15) is 11.4 Å². The zero-order chi connectivity index (χ0) is 13.3. The van der Waals surface area contributed by atoms with E-state index in [1.165, 1.54) is 6.20 Å². The van der Waals surface area contributed by atoms with Gasteiger partial charge in [-0.25, -0.2) is 9.78 Å². The summed E-state index contributed by atoms with van der Waals surface area (Å²) in [5, 5.41) is 0. The van der Waals surface area contributed by atoms with Crippen LogP contribution in [0.4, 0.5) is 0 Å². The van der Waals surface area contributed by atoms with Crippen molar-refractivity contribution in [3.63, 3.8) is 0 Å². The van der Waals surface area contributed by atoms with Gasteiger partial charge in [-0.05, 0) is 19.3 Å². The zero-order valence-electron chi connectivity index (χ0n) is 11.0. The summed E-state index contributed by atoms with van der Waals surface area (Å²) in [6.45, 7) is 6.81. The Morgan fingerprint density at radius 1 is 1.56 bits per heavy atom. The van der Waals surface area contributed by atoms with Crippen LogP contribution in [0.15, 0.2) is 11.0 Å². The number of carbonyl (C=O) groups is 1. The van der Waals surface area contributed by atoms with Gasteiger partial charge in [0.25, 0.3) is 5.56 Å². The lowest BCUT2D eigenvalue weighted by atomic mass is 9.89. The van der Waals surface area contributed by atoms with E-state index < -0.39 is 5.97 Å². The highest BCUT2D eigenvalue weighted by atomic mass is 16.5. The van der Waals surface area contributed by atoms with Gasteiger partial charge in [0.15, 0.2) is 0 Å². The first-order valence-corrected chi connectivity index (χ1v) is 6.33. The maximum atomic E-state index is 12.2. The van der Waals surface area contributed by atoms with Crippen LogP contribution in [-0.2, 0) is 11.3 Å². The molecule has 1 aliphatic rings. The van der Waals surface area contributed by atoms with E-state index >= 15 is 0 Å². The SMILES string of the molecule is CCOC(=O)c1cnc2n(c1=O)CC[C@@H](C)[C@@H]2C. The Morgan fingerprint density at radius 2 is 2.28 bits per heavy atom. The minimum absolute atomic E-state index is 0.0300. The molecule has 0 radical (unpaired) electrons. The van der Waals surface area contributed by atoms with Crippen molar-refractivity contribution in [1.29, 1.82) is 0 Å². The van der Waals surface area contributed by atoms with Gasteiger partial charge in [0, 0.05) is 18.7 Å². The Balaban J connectivity index is 2.46. The molecule has 0 aliphatic carbocycles. The van der Waals surface area contributed by atoms with Gasteiger partial charge in [-0.1, -0.05) is 13.8 Å². The van der Waals surface area contributed by atoms with Crippen LogP contribution in [0.2, 0.25) is 0 Å². The molecule has 1 aliphatic heterocycles. The third kappa shape index (κ3) is 2.05. The van der Waals surface area contributed by atoms with Crippen molar-refractivity contribution in [3.8, 4) is 0 Å². The average Bonchev–Trinajstić information content (AvgIpc) is 2.34. The molecule has 0 bridgehead atoms. The second-order valence-electron chi connectivity index (χ2n) is 4.76. The quantitative estimate of drug-likeness (QED) is 0.747. The van der Waals surface area contributed by atoms with Crippen LogP contribution in [0.3, 0.4) is 0 Å². The highest BCUT2D eigenvalue weighted by Crippen LogP contribution is 2.29. The standard InChI is InChI=1S/C13H18N2O3/c1-4-18-13(17)10-7-14-11-9(3)8(2)5-6-15(11)12(10)16/h7-9H,4-6H2,1-3H3/t8-,9+/m1/s1. The largest absolute Gasteiger partial charge is 0.462 e. The smallest absolute Gasteiger partial charge is 0.345 e. The fourth-order valence-corrected chi connectivity index (χ4v) is 2.27. The molecule has 0 saturated carbocycles. The van der Waals surface area contributed by atoms with Crippen molar-refractivity contribution in [2.45, 2.75) is 39.7 Å². The number of aromatic nitrogens is 2. The van der Waals surface area contributed by atoms with Crippen molar-refractivity contribution < 1.29 is 9.53 Å². The Labute approximate surface area is 106 Å². The summed E-state index contributed by atoms with van der Waals surface area (Å²) < 4.78 is 6.46. The highest BCUT2D eigenvalue weighted by molar-refractivity contribution is 5.88. The highest BCUT2D eigenvalue weighted by Gasteiger charge is 2.27. The molecule has 98 valence electrons. The monoisotopic (exact) mass is 250 g/mol. The number of hydrogen-bond acceptors (Lipinski definition) is 4. The second kappa shape index (κ2) is 4.92. The van der Waals surface area contributed by atoms with E-state index in [-0.39, 0.29) is 23.6 Å². The van der Waals surface area contributed by atoms with Crippen LogP contribution >= 0.6 is 0 Å². The molecular formula is C13H18N2O3. The Bertz CT molecular complexity index is 521. The Morgan fingerprint density at radius 3 is 2.94 bits per heavy atom. The summed E-state index contributed by atoms with van der Waals surface area (Å²) in [5.41, 5.74) is -0.250. The maximum Gasteiger partial charge on any atom is 0.345 e. The Hall–Kier alpha value is -1.65.